The Balaban J connectivity index is 1.77. The molecule has 0 fully saturated rings. The minimum absolute atomic E-state index is 0.167. The van der Waals surface area contributed by atoms with Crippen LogP contribution < -0.4 is 10.6 Å². The van der Waals surface area contributed by atoms with E-state index in [-0.39, 0.29) is 23.6 Å². The third-order valence-electron chi connectivity index (χ3n) is 3.68. The van der Waals surface area contributed by atoms with Crippen LogP contribution in [0.15, 0.2) is 67.1 Å². The Hall–Kier alpha value is -3.42. The molecule has 3 rings (SSSR count). The third-order valence-corrected chi connectivity index (χ3v) is 3.68. The van der Waals surface area contributed by atoms with E-state index in [1.807, 2.05) is 6.07 Å². The first-order valence-electron chi connectivity index (χ1n) is 8.00. The van der Waals surface area contributed by atoms with Crippen molar-refractivity contribution < 1.29 is 18.0 Å². The molecule has 2 aromatic heterocycles. The summed E-state index contributed by atoms with van der Waals surface area (Å²) in [5, 5.41) is 5.52. The molecule has 2 N–H and O–H groups in total. The summed E-state index contributed by atoms with van der Waals surface area (Å²) in [6.45, 7) is 0.268. The molecule has 0 radical (unpaired) electrons. The van der Waals surface area contributed by atoms with Gasteiger partial charge >= 0.3 is 6.18 Å². The van der Waals surface area contributed by atoms with E-state index in [2.05, 4.69) is 20.6 Å². The highest BCUT2D eigenvalue weighted by Gasteiger charge is 2.30. The fourth-order valence-electron chi connectivity index (χ4n) is 2.38. The Labute approximate surface area is 153 Å². The van der Waals surface area contributed by atoms with Crippen molar-refractivity contribution in [1.82, 2.24) is 15.3 Å². The molecule has 2 heterocycles. The minimum atomic E-state index is -4.45. The number of hydrogen-bond acceptors (Lipinski definition) is 4. The zero-order valence-electron chi connectivity index (χ0n) is 14.0. The van der Waals surface area contributed by atoms with Crippen LogP contribution in [0.25, 0.3) is 0 Å². The molecule has 0 aliphatic carbocycles. The minimum Gasteiger partial charge on any atom is -0.348 e. The van der Waals surface area contributed by atoms with Crippen LogP contribution >= 0.6 is 0 Å². The number of alkyl halides is 3. The van der Waals surface area contributed by atoms with Gasteiger partial charge in [0.05, 0.1) is 11.1 Å². The molecular formula is C19H15F3N4O. The van der Waals surface area contributed by atoms with Crippen LogP contribution in [0.5, 0.6) is 0 Å². The summed E-state index contributed by atoms with van der Waals surface area (Å²) in [7, 11) is 0. The number of carbonyl (C=O) groups excluding carboxylic acids is 1. The number of pyridine rings is 2. The molecule has 8 heteroatoms. The van der Waals surface area contributed by atoms with Crippen molar-refractivity contribution in [3.05, 3.63) is 83.8 Å². The number of hydrogen-bond donors (Lipinski definition) is 2. The smallest absolute Gasteiger partial charge is 0.348 e. The van der Waals surface area contributed by atoms with Crippen LogP contribution in [0.3, 0.4) is 0 Å². The molecule has 27 heavy (non-hydrogen) atoms. The largest absolute Gasteiger partial charge is 0.416 e. The number of amides is 1. The second-order valence-corrected chi connectivity index (χ2v) is 5.65. The summed E-state index contributed by atoms with van der Waals surface area (Å²) in [5.41, 5.74) is 0.441. The van der Waals surface area contributed by atoms with Crippen LogP contribution in [0, 0.1) is 0 Å². The summed E-state index contributed by atoms with van der Waals surface area (Å²) < 4.78 is 38.6. The van der Waals surface area contributed by atoms with Crippen molar-refractivity contribution in [3.63, 3.8) is 0 Å². The quantitative estimate of drug-likeness (QED) is 0.706. The average Bonchev–Trinajstić information content (AvgIpc) is 2.67. The van der Waals surface area contributed by atoms with E-state index in [1.54, 1.807) is 30.6 Å². The Morgan fingerprint density at radius 1 is 1.04 bits per heavy atom. The fraction of sp³-hybridized carbons (Fsp3) is 0.105. The van der Waals surface area contributed by atoms with Crippen molar-refractivity contribution in [2.75, 3.05) is 5.32 Å². The lowest BCUT2D eigenvalue weighted by Crippen LogP contribution is -2.24. The standard InChI is InChI=1S/C19H15F3N4O/c20-19(21,22)14-5-1-6-15(10-14)26-17-16(7-3-9-24-17)18(27)25-12-13-4-2-8-23-11-13/h1-11H,12H2,(H,24,26)(H,25,27). The Morgan fingerprint density at radius 3 is 2.59 bits per heavy atom. The van der Waals surface area contributed by atoms with Gasteiger partial charge in [-0.15, -0.1) is 0 Å². The van der Waals surface area contributed by atoms with Gasteiger partial charge in [-0.25, -0.2) is 4.98 Å². The number of anilines is 2. The summed E-state index contributed by atoms with van der Waals surface area (Å²) in [6.07, 6.45) is 0.258. The summed E-state index contributed by atoms with van der Waals surface area (Å²) in [5.74, 6) is -0.234. The van der Waals surface area contributed by atoms with Gasteiger partial charge in [-0.2, -0.15) is 13.2 Å². The van der Waals surface area contributed by atoms with Crippen LogP contribution in [-0.4, -0.2) is 15.9 Å². The third kappa shape index (κ3) is 4.81. The molecule has 0 unspecified atom stereocenters. The predicted molar refractivity (Wildman–Crippen MR) is 94.4 cm³/mol. The first kappa shape index (κ1) is 18.4. The maximum atomic E-state index is 12.9. The van der Waals surface area contributed by atoms with Crippen molar-refractivity contribution in [3.8, 4) is 0 Å². The first-order valence-corrected chi connectivity index (χ1v) is 8.00. The molecule has 0 saturated heterocycles. The molecule has 0 spiro atoms. The molecule has 138 valence electrons. The number of aromatic nitrogens is 2. The van der Waals surface area contributed by atoms with Gasteiger partial charge in [0.2, 0.25) is 0 Å². The maximum Gasteiger partial charge on any atom is 0.416 e. The highest BCUT2D eigenvalue weighted by molar-refractivity contribution is 5.99. The molecule has 1 aromatic carbocycles. The number of benzene rings is 1. The first-order chi connectivity index (χ1) is 12.9. The van der Waals surface area contributed by atoms with Crippen molar-refractivity contribution in [2.24, 2.45) is 0 Å². The molecule has 0 aliphatic heterocycles. The van der Waals surface area contributed by atoms with E-state index >= 15 is 0 Å². The molecule has 0 bridgehead atoms. The lowest BCUT2D eigenvalue weighted by Gasteiger charge is -2.13. The lowest BCUT2D eigenvalue weighted by molar-refractivity contribution is -0.137. The fourth-order valence-corrected chi connectivity index (χ4v) is 2.38. The second kappa shape index (κ2) is 7.86. The number of carbonyl (C=O) groups is 1. The van der Waals surface area contributed by atoms with E-state index in [0.717, 1.165) is 17.7 Å². The number of nitrogens with one attached hydrogen (secondary N) is 2. The zero-order chi connectivity index (χ0) is 19.3. The summed E-state index contributed by atoms with van der Waals surface area (Å²) >= 11 is 0. The van der Waals surface area contributed by atoms with Gasteiger partial charge in [0.25, 0.3) is 5.91 Å². The van der Waals surface area contributed by atoms with E-state index in [1.165, 1.54) is 18.3 Å². The zero-order valence-corrected chi connectivity index (χ0v) is 14.0. The summed E-state index contributed by atoms with van der Waals surface area (Å²) in [6, 6.07) is 11.4. The Morgan fingerprint density at radius 2 is 1.85 bits per heavy atom. The lowest BCUT2D eigenvalue weighted by atomic mass is 10.1. The monoisotopic (exact) mass is 372 g/mol. The number of rotatable bonds is 5. The number of nitrogens with zero attached hydrogens (tertiary/aromatic N) is 2. The van der Waals surface area contributed by atoms with E-state index in [9.17, 15) is 18.0 Å². The number of halogens is 3. The topological polar surface area (TPSA) is 66.9 Å². The highest BCUT2D eigenvalue weighted by atomic mass is 19.4. The van der Waals surface area contributed by atoms with Crippen LogP contribution in [-0.2, 0) is 12.7 Å². The van der Waals surface area contributed by atoms with E-state index in [0.29, 0.717) is 0 Å². The molecule has 0 aliphatic rings. The Bertz CT molecular complexity index is 929. The highest BCUT2D eigenvalue weighted by Crippen LogP contribution is 2.31. The van der Waals surface area contributed by atoms with Gasteiger partial charge in [0.15, 0.2) is 0 Å². The molecule has 1 amide bonds. The van der Waals surface area contributed by atoms with Crippen LogP contribution in [0.4, 0.5) is 24.7 Å². The molecule has 5 nitrogen and oxygen atoms in total. The van der Waals surface area contributed by atoms with Gasteiger partial charge in [-0.1, -0.05) is 12.1 Å². The van der Waals surface area contributed by atoms with Gasteiger partial charge in [0.1, 0.15) is 5.82 Å². The normalized spacial score (nSPS) is 11.1. The Kier molecular flexibility index (Phi) is 5.35. The van der Waals surface area contributed by atoms with Crippen molar-refractivity contribution in [2.45, 2.75) is 12.7 Å². The van der Waals surface area contributed by atoms with Crippen molar-refractivity contribution in [1.29, 1.82) is 0 Å². The molecule has 3 aromatic rings. The summed E-state index contributed by atoms with van der Waals surface area (Å²) in [4.78, 5) is 20.5. The van der Waals surface area contributed by atoms with Crippen LogP contribution in [0.2, 0.25) is 0 Å². The van der Waals surface area contributed by atoms with Crippen molar-refractivity contribution >= 4 is 17.4 Å². The maximum absolute atomic E-state index is 12.9. The molecular weight excluding hydrogens is 357 g/mol. The molecule has 0 saturated carbocycles. The predicted octanol–water partition coefficient (Wildman–Crippen LogP) is 4.17. The van der Waals surface area contributed by atoms with E-state index < -0.39 is 17.6 Å². The van der Waals surface area contributed by atoms with Gasteiger partial charge < -0.3 is 10.6 Å². The van der Waals surface area contributed by atoms with Gasteiger partial charge in [-0.05, 0) is 42.0 Å². The molecule has 0 atom stereocenters. The van der Waals surface area contributed by atoms with Crippen LogP contribution in [0.1, 0.15) is 21.5 Å². The van der Waals surface area contributed by atoms with E-state index in [4.69, 9.17) is 0 Å². The van der Waals surface area contributed by atoms with Gasteiger partial charge in [0, 0.05) is 30.8 Å². The second-order valence-electron chi connectivity index (χ2n) is 5.65. The van der Waals surface area contributed by atoms with Gasteiger partial charge in [-0.3, -0.25) is 9.78 Å². The SMILES string of the molecule is O=C(NCc1cccnc1)c1cccnc1Nc1cccc(C(F)(F)F)c1. The average molecular weight is 372 g/mol.